The van der Waals surface area contributed by atoms with Crippen LogP contribution in [0.25, 0.3) is 10.9 Å². The Hall–Kier alpha value is -1.32. The fraction of sp³-hybridized carbons (Fsp3) is 0.0909. The van der Waals surface area contributed by atoms with Gasteiger partial charge in [-0.2, -0.15) is 0 Å². The molecule has 0 N–H and O–H groups in total. The average Bonchev–Trinajstić information content (AvgIpc) is 2.26. The summed E-state index contributed by atoms with van der Waals surface area (Å²) in [6.45, 7) is 3.89. The van der Waals surface area contributed by atoms with Gasteiger partial charge in [-0.3, -0.25) is 9.36 Å². The maximum atomic E-state index is 12.0. The van der Waals surface area contributed by atoms with Crippen molar-refractivity contribution in [3.63, 3.8) is 0 Å². The number of benzene rings is 1. The van der Waals surface area contributed by atoms with Crippen molar-refractivity contribution in [1.29, 1.82) is 0 Å². The number of aromatic nitrogens is 2. The van der Waals surface area contributed by atoms with Gasteiger partial charge in [0.1, 0.15) is 0 Å². The van der Waals surface area contributed by atoms with Crippen LogP contribution in [0.15, 0.2) is 35.6 Å². The van der Waals surface area contributed by atoms with E-state index < -0.39 is 0 Å². The van der Waals surface area contributed by atoms with E-state index in [1.165, 1.54) is 4.57 Å². The van der Waals surface area contributed by atoms with Crippen LogP contribution in [-0.4, -0.2) is 9.55 Å². The number of hydrogen-bond donors (Lipinski definition) is 0. The van der Waals surface area contributed by atoms with Crippen molar-refractivity contribution in [1.82, 2.24) is 9.55 Å². The molecule has 1 heterocycles. The highest BCUT2D eigenvalue weighted by molar-refractivity contribution is 6.31. The second kappa shape index (κ2) is 4.28. The Morgan fingerprint density at radius 3 is 2.88 bits per heavy atom. The molecule has 1 aromatic heterocycles. The molecule has 2 aromatic rings. The smallest absolute Gasteiger partial charge is 0.262 e. The quantitative estimate of drug-likeness (QED) is 0.610. The van der Waals surface area contributed by atoms with Gasteiger partial charge >= 0.3 is 0 Å². The van der Waals surface area contributed by atoms with Crippen molar-refractivity contribution in [3.8, 4) is 0 Å². The lowest BCUT2D eigenvalue weighted by molar-refractivity contribution is 0.769. The molecule has 16 heavy (non-hydrogen) atoms. The Kier molecular flexibility index (Phi) is 2.99. The fourth-order valence-corrected chi connectivity index (χ4v) is 1.86. The first-order chi connectivity index (χ1) is 7.63. The first-order valence-corrected chi connectivity index (χ1v) is 5.35. The highest BCUT2D eigenvalue weighted by Crippen LogP contribution is 2.16. The first-order valence-electron chi connectivity index (χ1n) is 4.60. The Morgan fingerprint density at radius 1 is 1.44 bits per heavy atom. The minimum Gasteiger partial charge on any atom is -0.279 e. The molecule has 3 nitrogen and oxygen atoms in total. The molecule has 5 heteroatoms. The number of hydrogen-bond acceptors (Lipinski definition) is 2. The monoisotopic (exact) mass is 254 g/mol. The minimum absolute atomic E-state index is 0.153. The third-order valence-electron chi connectivity index (χ3n) is 2.18. The second-order valence-corrected chi connectivity index (χ2v) is 4.02. The standard InChI is InChI=1S/C11H8Cl2N2O/c1-2-5-15-10(16)8-6-7(12)3-4-9(8)14-11(15)13/h2-4,6H,1,5H2. The van der Waals surface area contributed by atoms with Gasteiger partial charge in [0.25, 0.3) is 5.56 Å². The van der Waals surface area contributed by atoms with Crippen LogP contribution in [0.5, 0.6) is 0 Å². The van der Waals surface area contributed by atoms with Crippen LogP contribution < -0.4 is 5.56 Å². The summed E-state index contributed by atoms with van der Waals surface area (Å²) in [5, 5.41) is 1.11. The van der Waals surface area contributed by atoms with E-state index in [0.717, 1.165) is 0 Å². The molecule has 0 aliphatic heterocycles. The van der Waals surface area contributed by atoms with Crippen LogP contribution >= 0.6 is 23.2 Å². The zero-order chi connectivity index (χ0) is 11.7. The average molecular weight is 255 g/mol. The van der Waals surface area contributed by atoms with E-state index in [9.17, 15) is 4.79 Å². The molecule has 0 bridgehead atoms. The van der Waals surface area contributed by atoms with E-state index in [2.05, 4.69) is 11.6 Å². The lowest BCUT2D eigenvalue weighted by Crippen LogP contribution is -2.21. The summed E-state index contributed by atoms with van der Waals surface area (Å²) in [6, 6.07) is 4.93. The van der Waals surface area contributed by atoms with Gasteiger partial charge in [0.15, 0.2) is 0 Å². The molecule has 1 aromatic carbocycles. The molecule has 0 amide bonds. The van der Waals surface area contributed by atoms with Gasteiger partial charge in [0.2, 0.25) is 5.28 Å². The summed E-state index contributed by atoms with van der Waals surface area (Å²) in [6.07, 6.45) is 1.59. The van der Waals surface area contributed by atoms with Gasteiger partial charge in [-0.1, -0.05) is 17.7 Å². The van der Waals surface area contributed by atoms with Crippen LogP contribution in [-0.2, 0) is 6.54 Å². The molecule has 0 saturated carbocycles. The molecule has 0 radical (unpaired) electrons. The molecule has 0 spiro atoms. The Labute approximate surface area is 102 Å². The van der Waals surface area contributed by atoms with Crippen LogP contribution in [0, 0.1) is 0 Å². The largest absolute Gasteiger partial charge is 0.279 e. The molecule has 2 rings (SSSR count). The van der Waals surface area contributed by atoms with Gasteiger partial charge in [-0.25, -0.2) is 4.98 Å². The SMILES string of the molecule is C=CCn1c(Cl)nc2ccc(Cl)cc2c1=O. The lowest BCUT2D eigenvalue weighted by atomic mass is 10.2. The topological polar surface area (TPSA) is 34.9 Å². The summed E-state index contributed by atoms with van der Waals surface area (Å²) >= 11 is 11.7. The molecule has 0 fully saturated rings. The molecule has 0 atom stereocenters. The number of halogens is 2. The summed E-state index contributed by atoms with van der Waals surface area (Å²) in [5.41, 5.74) is 0.331. The van der Waals surface area contributed by atoms with E-state index in [1.54, 1.807) is 24.3 Å². The van der Waals surface area contributed by atoms with E-state index >= 15 is 0 Å². The zero-order valence-corrected chi connectivity index (χ0v) is 9.79. The van der Waals surface area contributed by atoms with Crippen molar-refractivity contribution in [2.75, 3.05) is 0 Å². The Balaban J connectivity index is 2.85. The molecule has 0 saturated heterocycles. The Bertz CT molecular complexity index is 619. The number of rotatable bonds is 2. The summed E-state index contributed by atoms with van der Waals surface area (Å²) < 4.78 is 1.34. The number of allylic oxidation sites excluding steroid dienone is 1. The van der Waals surface area contributed by atoms with E-state index in [4.69, 9.17) is 23.2 Å². The highest BCUT2D eigenvalue weighted by atomic mass is 35.5. The van der Waals surface area contributed by atoms with E-state index in [1.807, 2.05) is 0 Å². The minimum atomic E-state index is -0.211. The van der Waals surface area contributed by atoms with Crippen molar-refractivity contribution in [2.24, 2.45) is 0 Å². The molecule has 0 unspecified atom stereocenters. The number of nitrogens with zero attached hydrogens (tertiary/aromatic N) is 2. The molecule has 82 valence electrons. The van der Waals surface area contributed by atoms with Crippen LogP contribution in [0.2, 0.25) is 10.3 Å². The maximum absolute atomic E-state index is 12.0. The van der Waals surface area contributed by atoms with Gasteiger partial charge in [-0.05, 0) is 29.8 Å². The van der Waals surface area contributed by atoms with E-state index in [0.29, 0.717) is 22.5 Å². The third-order valence-corrected chi connectivity index (χ3v) is 2.70. The number of fused-ring (bicyclic) bond motifs is 1. The van der Waals surface area contributed by atoms with Gasteiger partial charge in [-0.15, -0.1) is 6.58 Å². The Morgan fingerprint density at radius 2 is 2.19 bits per heavy atom. The molecular formula is C11H8Cl2N2O. The second-order valence-electron chi connectivity index (χ2n) is 3.25. The van der Waals surface area contributed by atoms with Crippen LogP contribution in [0.4, 0.5) is 0 Å². The van der Waals surface area contributed by atoms with Gasteiger partial charge < -0.3 is 0 Å². The zero-order valence-electron chi connectivity index (χ0n) is 8.28. The first kappa shape index (κ1) is 11.2. The summed E-state index contributed by atoms with van der Waals surface area (Å²) in [7, 11) is 0. The van der Waals surface area contributed by atoms with Crippen LogP contribution in [0.3, 0.4) is 0 Å². The summed E-state index contributed by atoms with van der Waals surface area (Å²) in [5.74, 6) is 0. The summed E-state index contributed by atoms with van der Waals surface area (Å²) in [4.78, 5) is 16.1. The van der Waals surface area contributed by atoms with Crippen molar-refractivity contribution in [2.45, 2.75) is 6.54 Å². The normalized spacial score (nSPS) is 10.6. The van der Waals surface area contributed by atoms with Crippen molar-refractivity contribution >= 4 is 34.1 Å². The predicted molar refractivity (Wildman–Crippen MR) is 66.2 cm³/mol. The van der Waals surface area contributed by atoms with Gasteiger partial charge in [0, 0.05) is 11.6 Å². The van der Waals surface area contributed by atoms with Crippen molar-refractivity contribution < 1.29 is 0 Å². The maximum Gasteiger partial charge on any atom is 0.262 e. The lowest BCUT2D eigenvalue weighted by Gasteiger charge is -2.06. The predicted octanol–water partition coefficient (Wildman–Crippen LogP) is 2.89. The molecular weight excluding hydrogens is 247 g/mol. The third kappa shape index (κ3) is 1.84. The van der Waals surface area contributed by atoms with Crippen molar-refractivity contribution in [3.05, 3.63) is 51.5 Å². The molecule has 0 aliphatic rings. The molecule has 0 aliphatic carbocycles. The highest BCUT2D eigenvalue weighted by Gasteiger charge is 2.08. The van der Waals surface area contributed by atoms with Gasteiger partial charge in [0.05, 0.1) is 10.9 Å². The van der Waals surface area contributed by atoms with E-state index in [-0.39, 0.29) is 10.8 Å². The van der Waals surface area contributed by atoms with Crippen LogP contribution in [0.1, 0.15) is 0 Å². The fourth-order valence-electron chi connectivity index (χ4n) is 1.45.